The average Bonchev–Trinajstić information content (AvgIpc) is 2.88. The molecule has 0 aliphatic rings. The highest BCUT2D eigenvalue weighted by atomic mass is 16.4. The molecule has 0 heterocycles. The first kappa shape index (κ1) is 33.0. The first-order valence-electron chi connectivity index (χ1n) is 12.4. The molecule has 0 unspecified atom stereocenters. The van der Waals surface area contributed by atoms with Gasteiger partial charge in [-0.05, 0) is 36.5 Å². The maximum atomic E-state index is 13.3. The van der Waals surface area contributed by atoms with E-state index in [9.17, 15) is 39.0 Å². The second-order valence-electron chi connectivity index (χ2n) is 9.32. The van der Waals surface area contributed by atoms with Crippen molar-refractivity contribution in [2.24, 2.45) is 11.7 Å². The molecular weight excluding hydrogens is 514 g/mol. The topological polar surface area (TPSA) is 237 Å². The second kappa shape index (κ2) is 16.7. The van der Waals surface area contributed by atoms with E-state index >= 15 is 0 Å². The van der Waals surface area contributed by atoms with Crippen molar-refractivity contribution in [1.82, 2.24) is 21.3 Å². The van der Waals surface area contributed by atoms with Gasteiger partial charge in [0.1, 0.15) is 36.2 Å². The van der Waals surface area contributed by atoms with Gasteiger partial charge in [0.05, 0.1) is 13.2 Å². The Hall–Kier alpha value is -4.04. The number of aliphatic carboxylic acids is 1. The van der Waals surface area contributed by atoms with E-state index in [2.05, 4.69) is 21.3 Å². The smallest absolute Gasteiger partial charge is 0.303 e. The molecule has 14 nitrogen and oxygen atoms in total. The van der Waals surface area contributed by atoms with Gasteiger partial charge in [-0.2, -0.15) is 0 Å². The minimum absolute atomic E-state index is 0.00519. The highest BCUT2D eigenvalue weighted by Crippen LogP contribution is 2.13. The van der Waals surface area contributed by atoms with E-state index < -0.39 is 66.8 Å². The number of rotatable bonds is 17. The van der Waals surface area contributed by atoms with Crippen LogP contribution in [0.25, 0.3) is 0 Å². The molecule has 1 aromatic rings. The number of nitrogens with two attached hydrogens (primary N) is 1. The van der Waals surface area contributed by atoms with Gasteiger partial charge in [0.2, 0.25) is 23.6 Å². The zero-order valence-electron chi connectivity index (χ0n) is 21.9. The van der Waals surface area contributed by atoms with Gasteiger partial charge in [-0.15, -0.1) is 0 Å². The quantitative estimate of drug-likeness (QED) is 0.0985. The Morgan fingerprint density at radius 1 is 0.897 bits per heavy atom. The molecule has 0 aromatic heterocycles. The molecule has 39 heavy (non-hydrogen) atoms. The summed E-state index contributed by atoms with van der Waals surface area (Å²) in [5.74, 6) is -4.39. The molecule has 4 atom stereocenters. The Balaban J connectivity index is 3.15. The van der Waals surface area contributed by atoms with Crippen molar-refractivity contribution >= 4 is 35.9 Å². The van der Waals surface area contributed by atoms with Crippen LogP contribution in [0.5, 0.6) is 5.75 Å². The molecule has 0 spiro atoms. The SMILES string of the molecule is CC(C)C[C@H](NC(=O)[C@H](Cc1ccc(O)cc1)NC(=O)[C@@H](N)CO)C(=O)N[C@@H](CCC(=O)O)C(=O)NCC=O. The summed E-state index contributed by atoms with van der Waals surface area (Å²) in [5.41, 5.74) is 6.13. The van der Waals surface area contributed by atoms with Gasteiger partial charge in [0.25, 0.3) is 0 Å². The predicted octanol–water partition coefficient (Wildman–Crippen LogP) is -2.07. The number of aliphatic hydroxyl groups excluding tert-OH is 1. The van der Waals surface area contributed by atoms with Gasteiger partial charge in [-0.3, -0.25) is 24.0 Å². The number of carbonyl (C=O) groups excluding carboxylic acids is 5. The van der Waals surface area contributed by atoms with Crippen LogP contribution in [0.15, 0.2) is 24.3 Å². The third-order valence-corrected chi connectivity index (χ3v) is 5.52. The van der Waals surface area contributed by atoms with Gasteiger partial charge in [-0.1, -0.05) is 26.0 Å². The van der Waals surface area contributed by atoms with Crippen LogP contribution in [0.3, 0.4) is 0 Å². The summed E-state index contributed by atoms with van der Waals surface area (Å²) in [4.78, 5) is 72.8. The number of phenols is 1. The van der Waals surface area contributed by atoms with Crippen molar-refractivity contribution < 1.29 is 44.1 Å². The largest absolute Gasteiger partial charge is 0.508 e. The number of carboxylic acid groups (broad SMARTS) is 1. The van der Waals surface area contributed by atoms with Crippen LogP contribution in [0.4, 0.5) is 0 Å². The van der Waals surface area contributed by atoms with E-state index in [1.54, 1.807) is 13.8 Å². The summed E-state index contributed by atoms with van der Waals surface area (Å²) in [7, 11) is 0. The number of phenolic OH excluding ortho intramolecular Hbond substituents is 1. The maximum absolute atomic E-state index is 13.3. The third-order valence-electron chi connectivity index (χ3n) is 5.52. The van der Waals surface area contributed by atoms with E-state index in [-0.39, 0.29) is 37.5 Å². The van der Waals surface area contributed by atoms with Crippen LogP contribution >= 0.6 is 0 Å². The van der Waals surface area contributed by atoms with Gasteiger partial charge in [0.15, 0.2) is 0 Å². The summed E-state index contributed by atoms with van der Waals surface area (Å²) in [6, 6.07) is 0.898. The van der Waals surface area contributed by atoms with Crippen molar-refractivity contribution in [3.8, 4) is 5.75 Å². The summed E-state index contributed by atoms with van der Waals surface area (Å²) < 4.78 is 0. The van der Waals surface area contributed by atoms with Crippen molar-refractivity contribution in [3.63, 3.8) is 0 Å². The lowest BCUT2D eigenvalue weighted by molar-refractivity contribution is -0.138. The zero-order chi connectivity index (χ0) is 29.5. The van der Waals surface area contributed by atoms with Crippen molar-refractivity contribution in [2.45, 2.75) is 63.7 Å². The molecule has 0 aliphatic carbocycles. The minimum Gasteiger partial charge on any atom is -0.508 e. The number of amides is 4. The summed E-state index contributed by atoms with van der Waals surface area (Å²) >= 11 is 0. The van der Waals surface area contributed by atoms with Gasteiger partial charge >= 0.3 is 5.97 Å². The van der Waals surface area contributed by atoms with E-state index in [1.807, 2.05) is 0 Å². The molecule has 1 aromatic carbocycles. The Kier molecular flexibility index (Phi) is 14.2. The van der Waals surface area contributed by atoms with Crippen LogP contribution in [0.1, 0.15) is 38.7 Å². The molecule has 0 saturated heterocycles. The number of aliphatic hydroxyl groups is 1. The number of hydrogen-bond acceptors (Lipinski definition) is 9. The lowest BCUT2D eigenvalue weighted by Gasteiger charge is -2.26. The molecule has 0 radical (unpaired) electrons. The van der Waals surface area contributed by atoms with E-state index in [0.29, 0.717) is 11.8 Å². The van der Waals surface area contributed by atoms with Gasteiger partial charge in [-0.25, -0.2) is 0 Å². The highest BCUT2D eigenvalue weighted by molar-refractivity contribution is 5.95. The Bertz CT molecular complexity index is 1000. The van der Waals surface area contributed by atoms with Gasteiger partial charge in [0, 0.05) is 12.8 Å². The van der Waals surface area contributed by atoms with Crippen LogP contribution in [-0.4, -0.2) is 88.5 Å². The normalized spacial score (nSPS) is 13.9. The molecule has 14 heteroatoms. The average molecular weight is 552 g/mol. The number of aldehydes is 1. The molecule has 0 saturated carbocycles. The zero-order valence-corrected chi connectivity index (χ0v) is 21.9. The lowest BCUT2D eigenvalue weighted by atomic mass is 10.00. The highest BCUT2D eigenvalue weighted by Gasteiger charge is 2.31. The van der Waals surface area contributed by atoms with Crippen molar-refractivity contribution in [3.05, 3.63) is 29.8 Å². The number of benzene rings is 1. The summed E-state index contributed by atoms with van der Waals surface area (Å²) in [5, 5.41) is 37.5. The molecule has 4 amide bonds. The van der Waals surface area contributed by atoms with Crippen molar-refractivity contribution in [2.75, 3.05) is 13.2 Å². The maximum Gasteiger partial charge on any atom is 0.303 e. The monoisotopic (exact) mass is 551 g/mol. The predicted molar refractivity (Wildman–Crippen MR) is 138 cm³/mol. The molecule has 0 bridgehead atoms. The van der Waals surface area contributed by atoms with E-state index in [0.717, 1.165) is 0 Å². The molecule has 0 aliphatic heterocycles. The van der Waals surface area contributed by atoms with Gasteiger partial charge < -0.3 is 47.1 Å². The number of nitrogens with one attached hydrogen (secondary N) is 4. The lowest BCUT2D eigenvalue weighted by Crippen LogP contribution is -2.58. The fourth-order valence-electron chi connectivity index (χ4n) is 3.49. The number of carbonyl (C=O) groups is 6. The number of carboxylic acids is 1. The van der Waals surface area contributed by atoms with Crippen LogP contribution in [-0.2, 0) is 35.2 Å². The Labute approximate surface area is 225 Å². The first-order chi connectivity index (χ1) is 18.4. The third kappa shape index (κ3) is 12.4. The summed E-state index contributed by atoms with van der Waals surface area (Å²) in [6.45, 7) is 2.59. The fourth-order valence-corrected chi connectivity index (χ4v) is 3.49. The molecule has 216 valence electrons. The molecule has 0 fully saturated rings. The van der Waals surface area contributed by atoms with E-state index in [4.69, 9.17) is 10.8 Å². The summed E-state index contributed by atoms with van der Waals surface area (Å²) in [6.07, 6.45) is -0.170. The van der Waals surface area contributed by atoms with Crippen LogP contribution in [0, 0.1) is 5.92 Å². The second-order valence-corrected chi connectivity index (χ2v) is 9.32. The number of hydrogen-bond donors (Lipinski definition) is 8. The van der Waals surface area contributed by atoms with Crippen LogP contribution < -0.4 is 27.0 Å². The standard InChI is InChI=1S/C25H37N5O9/c1-14(2)11-19(24(38)28-18(7-8-21(34)35)23(37)27-9-10-31)30-25(39)20(29-22(36)17(26)13-32)12-15-3-5-16(33)6-4-15/h3-6,10,14,17-20,32-33H,7-9,11-13,26H2,1-2H3,(H,27,37)(H,28,38)(H,29,36)(H,30,39)(H,34,35)/t17-,18-,19-,20-/m0/s1. The number of aromatic hydroxyl groups is 1. The molecular formula is C25H37N5O9. The Morgan fingerprint density at radius 3 is 2.00 bits per heavy atom. The Morgan fingerprint density at radius 2 is 1.46 bits per heavy atom. The molecule has 9 N–H and O–H groups in total. The minimum atomic E-state index is -1.30. The molecule has 1 rings (SSSR count). The fraction of sp³-hybridized carbons (Fsp3) is 0.520. The van der Waals surface area contributed by atoms with Crippen LogP contribution in [0.2, 0.25) is 0 Å². The van der Waals surface area contributed by atoms with Crippen molar-refractivity contribution in [1.29, 1.82) is 0 Å². The van der Waals surface area contributed by atoms with E-state index in [1.165, 1.54) is 24.3 Å². The first-order valence-corrected chi connectivity index (χ1v) is 12.4.